The summed E-state index contributed by atoms with van der Waals surface area (Å²) in [4.78, 5) is 29.5. The third-order valence-electron chi connectivity index (χ3n) is 6.66. The van der Waals surface area contributed by atoms with E-state index >= 15 is 0 Å². The van der Waals surface area contributed by atoms with Crippen molar-refractivity contribution in [3.05, 3.63) is 115 Å². The Morgan fingerprint density at radius 3 is 2.54 bits per heavy atom. The summed E-state index contributed by atoms with van der Waals surface area (Å²) in [5.41, 5.74) is 8.26. The zero-order chi connectivity index (χ0) is 26.2. The predicted molar refractivity (Wildman–Crippen MR) is 152 cm³/mol. The quantitative estimate of drug-likeness (QED) is 0.247. The van der Waals surface area contributed by atoms with Gasteiger partial charge >= 0.3 is 0 Å². The molecule has 0 spiro atoms. The molecule has 0 aliphatic heterocycles. The summed E-state index contributed by atoms with van der Waals surface area (Å²) in [7, 11) is 0. The number of nitrogens with one attached hydrogen (secondary N) is 3. The molecule has 0 bridgehead atoms. The van der Waals surface area contributed by atoms with Crippen molar-refractivity contribution in [1.82, 2.24) is 30.1 Å². The number of hydrogen-bond donors (Lipinski definition) is 3. The molecule has 1 amide bonds. The molecule has 7 rings (SSSR count). The standard InChI is InChI=1S/C31H21N7O/c39-31(19-6-2-1-3-7-19)35-22-14-21(17-32-18-22)20-9-10-27-25(15-20)29(38-37-27)28-16-24-23(11-13-34-30(24)36-28)26-8-4-5-12-33-26/h1-18H,(H,34,36)(H,35,39)(H,37,38). The number of carbonyl (C=O) groups is 1. The van der Waals surface area contributed by atoms with E-state index in [1.165, 1.54) is 0 Å². The van der Waals surface area contributed by atoms with Crippen LogP contribution >= 0.6 is 0 Å². The third kappa shape index (κ3) is 4.19. The molecule has 7 aromatic rings. The normalized spacial score (nSPS) is 11.2. The lowest BCUT2D eigenvalue weighted by atomic mass is 10.0. The number of fused-ring (bicyclic) bond motifs is 2. The van der Waals surface area contributed by atoms with Gasteiger partial charge in [-0.15, -0.1) is 0 Å². The van der Waals surface area contributed by atoms with Gasteiger partial charge in [0.25, 0.3) is 5.91 Å². The van der Waals surface area contributed by atoms with Gasteiger partial charge in [0.1, 0.15) is 11.3 Å². The van der Waals surface area contributed by atoms with Crippen molar-refractivity contribution in [3.63, 3.8) is 0 Å². The lowest BCUT2D eigenvalue weighted by molar-refractivity contribution is 0.102. The van der Waals surface area contributed by atoms with Gasteiger partial charge in [0.2, 0.25) is 0 Å². The summed E-state index contributed by atoms with van der Waals surface area (Å²) in [5, 5.41) is 12.6. The number of carbonyl (C=O) groups excluding carboxylic acids is 1. The van der Waals surface area contributed by atoms with Crippen molar-refractivity contribution in [2.24, 2.45) is 0 Å². The summed E-state index contributed by atoms with van der Waals surface area (Å²) < 4.78 is 0. The Morgan fingerprint density at radius 2 is 1.67 bits per heavy atom. The highest BCUT2D eigenvalue weighted by atomic mass is 16.1. The second kappa shape index (κ2) is 9.35. The molecule has 0 aliphatic carbocycles. The Morgan fingerprint density at radius 1 is 0.769 bits per heavy atom. The maximum Gasteiger partial charge on any atom is 0.255 e. The number of aromatic nitrogens is 6. The van der Waals surface area contributed by atoms with E-state index in [1.54, 1.807) is 36.9 Å². The monoisotopic (exact) mass is 507 g/mol. The maximum absolute atomic E-state index is 12.6. The number of pyridine rings is 3. The number of aromatic amines is 2. The second-order valence-electron chi connectivity index (χ2n) is 9.13. The molecule has 2 aromatic carbocycles. The van der Waals surface area contributed by atoms with E-state index in [-0.39, 0.29) is 5.91 Å². The molecule has 0 saturated heterocycles. The molecule has 39 heavy (non-hydrogen) atoms. The fraction of sp³-hybridized carbons (Fsp3) is 0. The van der Waals surface area contributed by atoms with Crippen molar-refractivity contribution in [3.8, 4) is 33.8 Å². The van der Waals surface area contributed by atoms with Gasteiger partial charge in [-0.2, -0.15) is 5.10 Å². The van der Waals surface area contributed by atoms with Crippen molar-refractivity contribution in [2.45, 2.75) is 0 Å². The molecule has 3 N–H and O–H groups in total. The van der Waals surface area contributed by atoms with Crippen molar-refractivity contribution in [1.29, 1.82) is 0 Å². The molecule has 0 saturated carbocycles. The number of hydrogen-bond acceptors (Lipinski definition) is 5. The number of rotatable bonds is 5. The molecule has 0 fully saturated rings. The van der Waals surface area contributed by atoms with Gasteiger partial charge in [0.15, 0.2) is 0 Å². The molecular weight excluding hydrogens is 486 g/mol. The summed E-state index contributed by atoms with van der Waals surface area (Å²) >= 11 is 0. The van der Waals surface area contributed by atoms with Crippen LogP contribution < -0.4 is 5.32 Å². The highest BCUT2D eigenvalue weighted by Crippen LogP contribution is 2.34. The molecular formula is C31H21N7O. The average molecular weight is 508 g/mol. The minimum atomic E-state index is -0.181. The van der Waals surface area contributed by atoms with Crippen LogP contribution in [0.5, 0.6) is 0 Å². The first-order chi connectivity index (χ1) is 19.2. The molecule has 8 nitrogen and oxygen atoms in total. The Hall–Kier alpha value is -5.63. The van der Waals surface area contributed by atoms with Gasteiger partial charge in [-0.1, -0.05) is 30.3 Å². The van der Waals surface area contributed by atoms with E-state index in [4.69, 9.17) is 0 Å². The number of anilines is 1. The number of benzene rings is 2. The fourth-order valence-electron chi connectivity index (χ4n) is 4.76. The smallest absolute Gasteiger partial charge is 0.255 e. The van der Waals surface area contributed by atoms with Crippen LogP contribution in [0.25, 0.3) is 55.7 Å². The lowest BCUT2D eigenvalue weighted by Gasteiger charge is -2.08. The van der Waals surface area contributed by atoms with E-state index in [9.17, 15) is 4.79 Å². The van der Waals surface area contributed by atoms with Crippen LogP contribution in [0.3, 0.4) is 0 Å². The van der Waals surface area contributed by atoms with Crippen molar-refractivity contribution in [2.75, 3.05) is 5.32 Å². The third-order valence-corrected chi connectivity index (χ3v) is 6.66. The minimum absolute atomic E-state index is 0.181. The van der Waals surface area contributed by atoms with Crippen molar-refractivity contribution < 1.29 is 4.79 Å². The average Bonchev–Trinajstić information content (AvgIpc) is 3.62. The van der Waals surface area contributed by atoms with E-state index in [1.807, 2.05) is 60.7 Å². The Kier molecular flexibility index (Phi) is 5.41. The summed E-state index contributed by atoms with van der Waals surface area (Å²) in [6.07, 6.45) is 6.99. The molecule has 5 aromatic heterocycles. The van der Waals surface area contributed by atoms with Crippen LogP contribution in [0.2, 0.25) is 0 Å². The van der Waals surface area contributed by atoms with Crippen LogP contribution in [0.4, 0.5) is 5.69 Å². The van der Waals surface area contributed by atoms with E-state index in [2.05, 4.69) is 47.6 Å². The first kappa shape index (κ1) is 22.6. The Labute approximate surface area is 222 Å². The zero-order valence-electron chi connectivity index (χ0n) is 20.6. The lowest BCUT2D eigenvalue weighted by Crippen LogP contribution is -2.11. The molecule has 186 valence electrons. The van der Waals surface area contributed by atoms with E-state index < -0.39 is 0 Å². The number of nitrogens with zero attached hydrogens (tertiary/aromatic N) is 4. The van der Waals surface area contributed by atoms with Gasteiger partial charge in [0.05, 0.1) is 28.8 Å². The fourth-order valence-corrected chi connectivity index (χ4v) is 4.76. The van der Waals surface area contributed by atoms with Crippen LogP contribution in [0.1, 0.15) is 10.4 Å². The van der Waals surface area contributed by atoms with E-state index in [0.29, 0.717) is 11.3 Å². The largest absolute Gasteiger partial charge is 0.338 e. The summed E-state index contributed by atoms with van der Waals surface area (Å²) in [6, 6.07) is 27.0. The topological polar surface area (TPSA) is 112 Å². The highest BCUT2D eigenvalue weighted by molar-refractivity contribution is 6.04. The van der Waals surface area contributed by atoms with Gasteiger partial charge in [-0.25, -0.2) is 4.98 Å². The van der Waals surface area contributed by atoms with E-state index in [0.717, 1.165) is 55.7 Å². The van der Waals surface area contributed by atoms with Crippen molar-refractivity contribution >= 4 is 33.5 Å². The van der Waals surface area contributed by atoms with Crippen LogP contribution in [-0.2, 0) is 0 Å². The van der Waals surface area contributed by atoms with Gasteiger partial charge in [-0.3, -0.25) is 19.9 Å². The maximum atomic E-state index is 12.6. The highest BCUT2D eigenvalue weighted by Gasteiger charge is 2.15. The molecule has 0 unspecified atom stereocenters. The van der Waals surface area contributed by atoms with Crippen LogP contribution in [0.15, 0.2) is 110 Å². The molecule has 8 heteroatoms. The number of amides is 1. The van der Waals surface area contributed by atoms with Gasteiger partial charge in [-0.05, 0) is 60.2 Å². The predicted octanol–water partition coefficient (Wildman–Crippen LogP) is 6.48. The summed E-state index contributed by atoms with van der Waals surface area (Å²) in [6.45, 7) is 0. The SMILES string of the molecule is O=C(Nc1cncc(-c2ccc3[nH]nc(-c4cc5c(-c6ccccn6)ccnc5[nH]4)c3c2)c1)c1ccccc1. The van der Waals surface area contributed by atoms with Gasteiger partial charge in [0, 0.05) is 46.1 Å². The zero-order valence-corrected chi connectivity index (χ0v) is 20.6. The number of H-pyrrole nitrogens is 2. The van der Waals surface area contributed by atoms with Gasteiger partial charge < -0.3 is 10.3 Å². The first-order valence-electron chi connectivity index (χ1n) is 12.4. The molecule has 0 atom stereocenters. The molecule has 5 heterocycles. The summed E-state index contributed by atoms with van der Waals surface area (Å²) in [5.74, 6) is -0.181. The van der Waals surface area contributed by atoms with Crippen LogP contribution in [0, 0.1) is 0 Å². The Bertz CT molecular complexity index is 1960. The van der Waals surface area contributed by atoms with Crippen LogP contribution in [-0.4, -0.2) is 36.0 Å². The second-order valence-corrected chi connectivity index (χ2v) is 9.13. The molecule has 0 aliphatic rings. The first-order valence-corrected chi connectivity index (χ1v) is 12.4. The molecule has 0 radical (unpaired) electrons. The Balaban J connectivity index is 1.25. The minimum Gasteiger partial charge on any atom is -0.338 e.